The van der Waals surface area contributed by atoms with Crippen LogP contribution in [-0.2, 0) is 13.0 Å². The molecule has 0 aliphatic carbocycles. The van der Waals surface area contributed by atoms with E-state index in [-0.39, 0.29) is 6.04 Å². The van der Waals surface area contributed by atoms with Gasteiger partial charge < -0.3 is 19.2 Å². The Morgan fingerprint density at radius 1 is 1.03 bits per heavy atom. The molecule has 1 N–H and O–H groups in total. The van der Waals surface area contributed by atoms with Gasteiger partial charge in [0, 0.05) is 12.1 Å². The Balaban J connectivity index is 0.00000141. The fourth-order valence-electron chi connectivity index (χ4n) is 4.09. The standard InChI is InChI=1S/C28H26N2O3.C2H6/c1-31-26-18-24-23(17-27(26)33-19-21-5-3-2-4-6-21)13-14-29-25(24)12-9-20-7-10-22(11-8-20)28-30-15-16-32-28;1-2/h2-12,15-18,25,29H,13-14,19H2,1H3;1-2H3/b12-9+;. The summed E-state index contributed by atoms with van der Waals surface area (Å²) in [6.07, 6.45) is 8.53. The lowest BCUT2D eigenvalue weighted by molar-refractivity contribution is 0.283. The highest BCUT2D eigenvalue weighted by Crippen LogP contribution is 2.36. The molecule has 1 aromatic heterocycles. The van der Waals surface area contributed by atoms with Crippen LogP contribution in [-0.4, -0.2) is 18.6 Å². The molecule has 0 spiro atoms. The van der Waals surface area contributed by atoms with Gasteiger partial charge in [-0.25, -0.2) is 4.98 Å². The Labute approximate surface area is 207 Å². The Morgan fingerprint density at radius 2 is 1.83 bits per heavy atom. The van der Waals surface area contributed by atoms with Crippen molar-refractivity contribution in [3.05, 3.63) is 108 Å². The van der Waals surface area contributed by atoms with E-state index >= 15 is 0 Å². The molecular weight excluding hydrogens is 436 g/mol. The van der Waals surface area contributed by atoms with Gasteiger partial charge >= 0.3 is 0 Å². The van der Waals surface area contributed by atoms with E-state index < -0.39 is 0 Å². The monoisotopic (exact) mass is 468 g/mol. The van der Waals surface area contributed by atoms with E-state index in [1.807, 2.05) is 44.2 Å². The van der Waals surface area contributed by atoms with Gasteiger partial charge in [-0.15, -0.1) is 0 Å². The first-order valence-electron chi connectivity index (χ1n) is 12.1. The minimum absolute atomic E-state index is 0.109. The van der Waals surface area contributed by atoms with E-state index in [1.54, 1.807) is 19.6 Å². The van der Waals surface area contributed by atoms with Crippen LogP contribution < -0.4 is 14.8 Å². The van der Waals surface area contributed by atoms with Crippen LogP contribution in [0.15, 0.2) is 89.7 Å². The van der Waals surface area contributed by atoms with Crippen LogP contribution in [0, 0.1) is 0 Å². The fraction of sp³-hybridized carbons (Fsp3) is 0.233. The highest BCUT2D eigenvalue weighted by atomic mass is 16.5. The number of nitrogens with zero attached hydrogens (tertiary/aromatic N) is 1. The van der Waals surface area contributed by atoms with Crippen molar-refractivity contribution in [1.82, 2.24) is 10.3 Å². The third-order valence-corrected chi connectivity index (χ3v) is 5.83. The van der Waals surface area contributed by atoms with Gasteiger partial charge in [0.15, 0.2) is 11.5 Å². The van der Waals surface area contributed by atoms with Crippen LogP contribution in [0.25, 0.3) is 17.5 Å². The van der Waals surface area contributed by atoms with E-state index in [1.165, 1.54) is 11.1 Å². The molecule has 3 aromatic carbocycles. The van der Waals surface area contributed by atoms with E-state index in [9.17, 15) is 0 Å². The van der Waals surface area contributed by atoms with Gasteiger partial charge in [0.05, 0.1) is 19.3 Å². The van der Waals surface area contributed by atoms with Crippen molar-refractivity contribution in [1.29, 1.82) is 0 Å². The minimum atomic E-state index is 0.109. The predicted molar refractivity (Wildman–Crippen MR) is 141 cm³/mol. The van der Waals surface area contributed by atoms with Gasteiger partial charge in [0.2, 0.25) is 5.89 Å². The number of fused-ring (bicyclic) bond motifs is 1. The van der Waals surface area contributed by atoms with Gasteiger partial charge in [0.1, 0.15) is 12.9 Å². The summed E-state index contributed by atoms with van der Waals surface area (Å²) in [5.74, 6) is 2.17. The number of oxazole rings is 1. The summed E-state index contributed by atoms with van der Waals surface area (Å²) in [6, 6.07) is 22.7. The molecule has 4 aromatic rings. The zero-order chi connectivity index (χ0) is 24.5. The summed E-state index contributed by atoms with van der Waals surface area (Å²) in [4.78, 5) is 4.20. The Kier molecular flexibility index (Phi) is 8.36. The minimum Gasteiger partial charge on any atom is -0.493 e. The molecule has 180 valence electrons. The summed E-state index contributed by atoms with van der Waals surface area (Å²) in [5.41, 5.74) is 5.72. The SMILES string of the molecule is CC.COc1cc2c(cc1OCc1ccccc1)CCNC2/C=C/c1ccc(-c2ncco2)cc1. The van der Waals surface area contributed by atoms with Crippen LogP contribution in [0.4, 0.5) is 0 Å². The zero-order valence-electron chi connectivity index (χ0n) is 20.5. The van der Waals surface area contributed by atoms with Crippen LogP contribution in [0.1, 0.15) is 42.1 Å². The number of hydrogen-bond acceptors (Lipinski definition) is 5. The second kappa shape index (κ2) is 12.0. The number of methoxy groups -OCH3 is 1. The van der Waals surface area contributed by atoms with Gasteiger partial charge in [-0.05, 0) is 52.9 Å². The highest BCUT2D eigenvalue weighted by molar-refractivity contribution is 5.60. The molecule has 5 heteroatoms. The van der Waals surface area contributed by atoms with Crippen molar-refractivity contribution < 1.29 is 13.9 Å². The summed E-state index contributed by atoms with van der Waals surface area (Å²) >= 11 is 0. The first-order chi connectivity index (χ1) is 17.3. The van der Waals surface area contributed by atoms with Crippen LogP contribution in [0.2, 0.25) is 0 Å². The van der Waals surface area contributed by atoms with Gasteiger partial charge in [-0.3, -0.25) is 0 Å². The highest BCUT2D eigenvalue weighted by Gasteiger charge is 2.21. The number of rotatable bonds is 7. The lowest BCUT2D eigenvalue weighted by Crippen LogP contribution is -2.28. The maximum atomic E-state index is 6.11. The molecule has 0 bridgehead atoms. The quantitative estimate of drug-likeness (QED) is 0.321. The maximum absolute atomic E-state index is 6.11. The third-order valence-electron chi connectivity index (χ3n) is 5.83. The first kappa shape index (κ1) is 24.3. The molecule has 1 unspecified atom stereocenters. The Bertz CT molecular complexity index is 1220. The first-order valence-corrected chi connectivity index (χ1v) is 12.1. The van der Waals surface area contributed by atoms with Crippen molar-refractivity contribution in [2.45, 2.75) is 32.9 Å². The van der Waals surface area contributed by atoms with Crippen LogP contribution in [0.3, 0.4) is 0 Å². The molecule has 2 heterocycles. The molecule has 35 heavy (non-hydrogen) atoms. The number of benzene rings is 3. The van der Waals surface area contributed by atoms with Crippen molar-refractivity contribution >= 4 is 6.08 Å². The summed E-state index contributed by atoms with van der Waals surface area (Å²) in [7, 11) is 1.69. The fourth-order valence-corrected chi connectivity index (χ4v) is 4.09. The predicted octanol–water partition coefficient (Wildman–Crippen LogP) is 6.86. The van der Waals surface area contributed by atoms with Crippen molar-refractivity contribution in [3.63, 3.8) is 0 Å². The van der Waals surface area contributed by atoms with Crippen LogP contribution >= 0.6 is 0 Å². The number of hydrogen-bond donors (Lipinski definition) is 1. The lowest BCUT2D eigenvalue weighted by Gasteiger charge is -2.26. The molecule has 0 fully saturated rings. The number of ether oxygens (including phenoxy) is 2. The number of aromatic nitrogens is 1. The largest absolute Gasteiger partial charge is 0.493 e. The van der Waals surface area contributed by atoms with Gasteiger partial charge in [-0.2, -0.15) is 0 Å². The second-order valence-electron chi connectivity index (χ2n) is 7.98. The zero-order valence-corrected chi connectivity index (χ0v) is 20.5. The molecular formula is C30H32N2O3. The van der Waals surface area contributed by atoms with E-state index in [4.69, 9.17) is 13.9 Å². The normalized spacial score (nSPS) is 14.7. The molecule has 0 radical (unpaired) electrons. The molecule has 1 aliphatic heterocycles. The lowest BCUT2D eigenvalue weighted by atomic mass is 9.93. The Morgan fingerprint density at radius 3 is 2.54 bits per heavy atom. The van der Waals surface area contributed by atoms with Crippen molar-refractivity contribution in [2.75, 3.05) is 13.7 Å². The van der Waals surface area contributed by atoms with Gasteiger partial charge in [0.25, 0.3) is 0 Å². The molecule has 1 aliphatic rings. The molecule has 0 saturated heterocycles. The van der Waals surface area contributed by atoms with Gasteiger partial charge in [-0.1, -0.05) is 68.5 Å². The Hall–Kier alpha value is -3.83. The van der Waals surface area contributed by atoms with E-state index in [0.29, 0.717) is 12.5 Å². The molecule has 5 rings (SSSR count). The average Bonchev–Trinajstić information content (AvgIpc) is 3.47. The molecule has 5 nitrogen and oxygen atoms in total. The smallest absolute Gasteiger partial charge is 0.225 e. The maximum Gasteiger partial charge on any atom is 0.225 e. The molecule has 1 atom stereocenters. The summed E-state index contributed by atoms with van der Waals surface area (Å²) in [6.45, 7) is 5.43. The van der Waals surface area contributed by atoms with Crippen LogP contribution in [0.5, 0.6) is 11.5 Å². The molecule has 0 saturated carbocycles. The topological polar surface area (TPSA) is 56.5 Å². The molecule has 0 amide bonds. The van der Waals surface area contributed by atoms with Crippen molar-refractivity contribution in [3.8, 4) is 23.0 Å². The summed E-state index contributed by atoms with van der Waals surface area (Å²) in [5, 5.41) is 3.60. The second-order valence-corrected chi connectivity index (χ2v) is 7.98. The van der Waals surface area contributed by atoms with Crippen molar-refractivity contribution in [2.24, 2.45) is 0 Å². The van der Waals surface area contributed by atoms with E-state index in [2.05, 4.69) is 58.9 Å². The van der Waals surface area contributed by atoms with E-state index in [0.717, 1.165) is 41.2 Å². The third kappa shape index (κ3) is 6.00. The summed E-state index contributed by atoms with van der Waals surface area (Å²) < 4.78 is 17.1. The number of nitrogens with one attached hydrogen (secondary N) is 1. The average molecular weight is 469 g/mol.